The number of aliphatic hydroxyl groups excluding tert-OH is 2. The Morgan fingerprint density at radius 1 is 1.16 bits per heavy atom. The van der Waals surface area contributed by atoms with Gasteiger partial charge in [-0.25, -0.2) is 8.42 Å². The molecule has 2 aliphatic heterocycles. The molecule has 2 aliphatic rings. The summed E-state index contributed by atoms with van der Waals surface area (Å²) in [7, 11) is -3.73. The van der Waals surface area contributed by atoms with E-state index in [1.54, 1.807) is 18.2 Å². The van der Waals surface area contributed by atoms with Crippen LogP contribution in [0, 0.1) is 5.92 Å². The molecule has 8 heteroatoms. The van der Waals surface area contributed by atoms with E-state index in [0.717, 1.165) is 30.2 Å². The lowest BCUT2D eigenvalue weighted by Gasteiger charge is -2.37. The second-order valence-corrected chi connectivity index (χ2v) is 9.07. The molecule has 3 N–H and O–H groups in total. The van der Waals surface area contributed by atoms with Crippen molar-refractivity contribution < 1.29 is 23.7 Å². The number of sulfonamides is 1. The number of rotatable bonds is 5. The van der Waals surface area contributed by atoms with Crippen LogP contribution in [0.2, 0.25) is 0 Å². The minimum Gasteiger partial charge on any atom is -0.396 e. The average Bonchev–Trinajstić information content (AvgIpc) is 2.92. The number of piperidine rings is 1. The van der Waals surface area contributed by atoms with Crippen LogP contribution in [0.3, 0.4) is 0 Å². The zero-order chi connectivity index (χ0) is 18.1. The molecule has 0 unspecified atom stereocenters. The number of nitrogens with zero attached hydrogens (tertiary/aromatic N) is 2. The summed E-state index contributed by atoms with van der Waals surface area (Å²) < 4.78 is 26.6. The molecule has 140 valence electrons. The second kappa shape index (κ2) is 7.30. The maximum atomic E-state index is 12.7. The van der Waals surface area contributed by atoms with E-state index >= 15 is 0 Å². The molecule has 2 fully saturated rings. The van der Waals surface area contributed by atoms with Crippen LogP contribution in [0.5, 0.6) is 0 Å². The first kappa shape index (κ1) is 18.8. The lowest BCUT2D eigenvalue weighted by Crippen LogP contribution is -2.53. The average molecular weight is 370 g/mol. The highest BCUT2D eigenvalue weighted by atomic mass is 32.2. The number of β-amino-alcohol motifs (C(OH)–C–C–N with tert-alkyl or cyclic N) is 2. The van der Waals surface area contributed by atoms with Crippen molar-refractivity contribution in [3.05, 3.63) is 30.3 Å². The third-order valence-electron chi connectivity index (χ3n) is 5.29. The Kier molecular flexibility index (Phi) is 5.48. The van der Waals surface area contributed by atoms with Gasteiger partial charge in [-0.05, 0) is 44.0 Å². The van der Waals surface area contributed by atoms with Gasteiger partial charge in [0.1, 0.15) is 5.60 Å². The largest absolute Gasteiger partial charge is 0.396 e. The van der Waals surface area contributed by atoms with E-state index in [0.29, 0.717) is 0 Å². The number of benzene rings is 1. The van der Waals surface area contributed by atoms with E-state index in [1.165, 1.54) is 12.1 Å². The summed E-state index contributed by atoms with van der Waals surface area (Å²) in [5.41, 5.74) is -1.48. The van der Waals surface area contributed by atoms with Crippen molar-refractivity contribution >= 4 is 10.0 Å². The number of likely N-dealkylation sites (tertiary alicyclic amines) is 1. The van der Waals surface area contributed by atoms with Crippen molar-refractivity contribution in [1.82, 2.24) is 9.21 Å². The van der Waals surface area contributed by atoms with E-state index in [1.807, 2.05) is 4.90 Å². The normalized spacial score (nSPS) is 30.0. The Morgan fingerprint density at radius 3 is 2.40 bits per heavy atom. The van der Waals surface area contributed by atoms with Gasteiger partial charge in [0.05, 0.1) is 11.0 Å². The molecule has 2 saturated heterocycles. The molecule has 0 bridgehead atoms. The van der Waals surface area contributed by atoms with E-state index in [-0.39, 0.29) is 37.1 Å². The van der Waals surface area contributed by atoms with Gasteiger partial charge in [-0.15, -0.1) is 0 Å². The van der Waals surface area contributed by atoms with Crippen LogP contribution in [0.15, 0.2) is 35.2 Å². The highest BCUT2D eigenvalue weighted by molar-refractivity contribution is 7.89. The zero-order valence-corrected chi connectivity index (χ0v) is 15.0. The minimum atomic E-state index is -3.73. The molecule has 0 radical (unpaired) electrons. The highest BCUT2D eigenvalue weighted by Crippen LogP contribution is 2.29. The first-order chi connectivity index (χ1) is 11.8. The molecule has 0 spiro atoms. The van der Waals surface area contributed by atoms with Crippen molar-refractivity contribution in [1.29, 1.82) is 0 Å². The van der Waals surface area contributed by atoms with Gasteiger partial charge >= 0.3 is 0 Å². The van der Waals surface area contributed by atoms with Crippen LogP contribution < -0.4 is 0 Å². The summed E-state index contributed by atoms with van der Waals surface area (Å²) in [5, 5.41) is 30.4. The number of hydrogen-bond acceptors (Lipinski definition) is 6. The smallest absolute Gasteiger partial charge is 0.243 e. The fourth-order valence-corrected chi connectivity index (χ4v) is 5.16. The molecule has 1 aromatic carbocycles. The zero-order valence-electron chi connectivity index (χ0n) is 14.2. The Labute approximate surface area is 148 Å². The highest BCUT2D eigenvalue weighted by Gasteiger charge is 2.49. The Bertz CT molecular complexity index is 676. The maximum Gasteiger partial charge on any atom is 0.243 e. The molecule has 0 saturated carbocycles. The fraction of sp³-hybridized carbons (Fsp3) is 0.647. The van der Waals surface area contributed by atoms with E-state index in [2.05, 4.69) is 0 Å². The maximum absolute atomic E-state index is 12.7. The number of hydrogen-bond donors (Lipinski definition) is 3. The molecule has 0 aromatic heterocycles. The van der Waals surface area contributed by atoms with Gasteiger partial charge in [-0.3, -0.25) is 0 Å². The molecule has 0 amide bonds. The van der Waals surface area contributed by atoms with Crippen molar-refractivity contribution in [3.63, 3.8) is 0 Å². The minimum absolute atomic E-state index is 0.110. The standard InChI is InChI=1S/C17H26N2O5S/c20-11-14-6-8-18(9-7-14)12-17(22)13-19(10-16(17)21)25(23,24)15-4-2-1-3-5-15/h1-5,14,16,20-22H,6-13H2/t16-,17+/m1/s1. The molecule has 25 heavy (non-hydrogen) atoms. The van der Waals surface area contributed by atoms with Gasteiger partial charge in [0.15, 0.2) is 0 Å². The molecule has 2 atom stereocenters. The first-order valence-corrected chi connectivity index (χ1v) is 10.1. The van der Waals surface area contributed by atoms with Gasteiger partial charge in [0.25, 0.3) is 0 Å². The fourth-order valence-electron chi connectivity index (χ4n) is 3.63. The van der Waals surface area contributed by atoms with Gasteiger partial charge in [0.2, 0.25) is 10.0 Å². The molecule has 2 heterocycles. The van der Waals surface area contributed by atoms with Crippen LogP contribution in [0.25, 0.3) is 0 Å². The third-order valence-corrected chi connectivity index (χ3v) is 7.12. The molecule has 3 rings (SSSR count). The molecular formula is C17H26N2O5S. The van der Waals surface area contributed by atoms with Crippen molar-refractivity contribution in [2.45, 2.75) is 29.4 Å². The third kappa shape index (κ3) is 3.89. The first-order valence-electron chi connectivity index (χ1n) is 8.64. The second-order valence-electron chi connectivity index (χ2n) is 7.13. The van der Waals surface area contributed by atoms with Crippen LogP contribution in [-0.4, -0.2) is 84.0 Å². The Balaban J connectivity index is 1.68. The Hall–Kier alpha value is -1.03. The van der Waals surface area contributed by atoms with Crippen LogP contribution >= 0.6 is 0 Å². The predicted octanol–water partition coefficient (Wildman–Crippen LogP) is -0.513. The monoisotopic (exact) mass is 370 g/mol. The molecule has 1 aromatic rings. The molecule has 7 nitrogen and oxygen atoms in total. The topological polar surface area (TPSA) is 101 Å². The summed E-state index contributed by atoms with van der Waals surface area (Å²) in [6, 6.07) is 8.06. The van der Waals surface area contributed by atoms with Crippen LogP contribution in [0.1, 0.15) is 12.8 Å². The summed E-state index contributed by atoms with van der Waals surface area (Å²) in [4.78, 5) is 2.20. The van der Waals surface area contributed by atoms with Crippen LogP contribution in [0.4, 0.5) is 0 Å². The lowest BCUT2D eigenvalue weighted by atomic mass is 9.94. The van der Waals surface area contributed by atoms with Gasteiger partial charge in [0, 0.05) is 26.2 Å². The molecule has 0 aliphatic carbocycles. The predicted molar refractivity (Wildman–Crippen MR) is 92.4 cm³/mol. The van der Waals surface area contributed by atoms with Crippen molar-refractivity contribution in [2.75, 3.05) is 39.3 Å². The van der Waals surface area contributed by atoms with E-state index in [4.69, 9.17) is 0 Å². The lowest BCUT2D eigenvalue weighted by molar-refractivity contribution is -0.0659. The summed E-state index contributed by atoms with van der Waals surface area (Å²) in [6.45, 7) is 1.63. The van der Waals surface area contributed by atoms with Crippen LogP contribution in [-0.2, 0) is 10.0 Å². The van der Waals surface area contributed by atoms with Gasteiger partial charge in [-0.1, -0.05) is 18.2 Å². The van der Waals surface area contributed by atoms with E-state index < -0.39 is 21.7 Å². The summed E-state index contributed by atoms with van der Waals surface area (Å²) >= 11 is 0. The van der Waals surface area contributed by atoms with E-state index in [9.17, 15) is 23.7 Å². The van der Waals surface area contributed by atoms with Gasteiger partial charge < -0.3 is 20.2 Å². The summed E-state index contributed by atoms with van der Waals surface area (Å²) in [5.74, 6) is 0.286. The SMILES string of the molecule is O=S(=O)(c1ccccc1)N1C[C@@H](O)[C@](O)(CN2CCC(CO)CC2)C1. The van der Waals surface area contributed by atoms with Gasteiger partial charge in [-0.2, -0.15) is 4.31 Å². The quantitative estimate of drug-likeness (QED) is 0.645. The summed E-state index contributed by atoms with van der Waals surface area (Å²) in [6.07, 6.45) is 0.560. The Morgan fingerprint density at radius 2 is 1.80 bits per heavy atom. The number of aliphatic hydroxyl groups is 3. The van der Waals surface area contributed by atoms with Crippen molar-refractivity contribution in [2.24, 2.45) is 5.92 Å². The van der Waals surface area contributed by atoms with Crippen molar-refractivity contribution in [3.8, 4) is 0 Å². The molecular weight excluding hydrogens is 344 g/mol.